The third-order valence-electron chi connectivity index (χ3n) is 1.94. The maximum Gasteiger partial charge on any atom is 0.325 e. The largest absolute Gasteiger partial charge is 0.480 e. The molecule has 0 saturated carbocycles. The molecule has 0 unspecified atom stereocenters. The molecule has 94 valence electrons. The van der Waals surface area contributed by atoms with Crippen LogP contribution in [0.2, 0.25) is 0 Å². The summed E-state index contributed by atoms with van der Waals surface area (Å²) in [5.74, 6) is -0.802. The quantitative estimate of drug-likeness (QED) is 0.778. The summed E-state index contributed by atoms with van der Waals surface area (Å²) in [7, 11) is 0. The van der Waals surface area contributed by atoms with Gasteiger partial charge in [-0.3, -0.25) is 9.59 Å². The lowest BCUT2D eigenvalue weighted by Crippen LogP contribution is -2.12. The number of aromatic nitrogens is 4. The minimum absolute atomic E-state index is 0.00287. The Morgan fingerprint density at radius 3 is 2.94 bits per heavy atom. The SMILES string of the molecule is Cc1cc(NC(=O)c2cn(CC(=O)O)nn2)no1. The molecule has 0 aliphatic rings. The number of carbonyl (C=O) groups is 2. The van der Waals surface area contributed by atoms with Crippen molar-refractivity contribution in [1.29, 1.82) is 0 Å². The molecule has 0 radical (unpaired) electrons. The predicted molar refractivity (Wildman–Crippen MR) is 56.9 cm³/mol. The van der Waals surface area contributed by atoms with E-state index in [1.165, 1.54) is 6.20 Å². The van der Waals surface area contributed by atoms with E-state index in [2.05, 4.69) is 20.8 Å². The number of anilines is 1. The lowest BCUT2D eigenvalue weighted by molar-refractivity contribution is -0.137. The highest BCUT2D eigenvalue weighted by Crippen LogP contribution is 2.08. The van der Waals surface area contributed by atoms with Crippen LogP contribution in [0, 0.1) is 6.92 Å². The number of hydrogen-bond donors (Lipinski definition) is 2. The van der Waals surface area contributed by atoms with Crippen molar-refractivity contribution >= 4 is 17.7 Å². The van der Waals surface area contributed by atoms with Crippen molar-refractivity contribution in [3.8, 4) is 0 Å². The Hall–Kier alpha value is -2.71. The van der Waals surface area contributed by atoms with Crippen LogP contribution in [0.25, 0.3) is 0 Å². The molecule has 1 amide bonds. The summed E-state index contributed by atoms with van der Waals surface area (Å²) in [4.78, 5) is 22.1. The number of rotatable bonds is 4. The Labute approximate surface area is 100 Å². The van der Waals surface area contributed by atoms with Gasteiger partial charge < -0.3 is 14.9 Å². The molecule has 9 nitrogen and oxygen atoms in total. The number of nitrogens with zero attached hydrogens (tertiary/aromatic N) is 4. The first kappa shape index (κ1) is 11.8. The van der Waals surface area contributed by atoms with E-state index >= 15 is 0 Å². The average Bonchev–Trinajstić information content (AvgIpc) is 2.87. The van der Waals surface area contributed by atoms with Crippen molar-refractivity contribution in [2.24, 2.45) is 0 Å². The summed E-state index contributed by atoms with van der Waals surface area (Å²) in [6, 6.07) is 1.54. The van der Waals surface area contributed by atoms with E-state index in [1.807, 2.05) is 0 Å². The normalized spacial score (nSPS) is 10.3. The first-order chi connectivity index (χ1) is 8.54. The maximum absolute atomic E-state index is 11.7. The van der Waals surface area contributed by atoms with Crippen molar-refractivity contribution in [3.05, 3.63) is 23.7 Å². The lowest BCUT2D eigenvalue weighted by atomic mass is 10.4. The van der Waals surface area contributed by atoms with E-state index in [0.29, 0.717) is 5.76 Å². The Morgan fingerprint density at radius 2 is 2.33 bits per heavy atom. The second-order valence-electron chi connectivity index (χ2n) is 3.47. The number of carbonyl (C=O) groups excluding carboxylic acids is 1. The maximum atomic E-state index is 11.7. The van der Waals surface area contributed by atoms with Crippen molar-refractivity contribution in [1.82, 2.24) is 20.2 Å². The molecule has 9 heteroatoms. The van der Waals surface area contributed by atoms with Gasteiger partial charge in [0.2, 0.25) is 0 Å². The molecule has 0 atom stereocenters. The molecule has 0 bridgehead atoms. The summed E-state index contributed by atoms with van der Waals surface area (Å²) in [5.41, 5.74) is -0.00287. The van der Waals surface area contributed by atoms with Gasteiger partial charge in [-0.2, -0.15) is 0 Å². The van der Waals surface area contributed by atoms with Gasteiger partial charge in [0.15, 0.2) is 11.5 Å². The lowest BCUT2D eigenvalue weighted by Gasteiger charge is -1.95. The number of hydrogen-bond acceptors (Lipinski definition) is 6. The summed E-state index contributed by atoms with van der Waals surface area (Å²) in [6.07, 6.45) is 1.23. The highest BCUT2D eigenvalue weighted by molar-refractivity contribution is 6.02. The minimum atomic E-state index is -1.07. The highest BCUT2D eigenvalue weighted by atomic mass is 16.5. The molecule has 0 aromatic carbocycles. The first-order valence-corrected chi connectivity index (χ1v) is 4.91. The van der Waals surface area contributed by atoms with Crippen LogP contribution in [0.1, 0.15) is 16.2 Å². The van der Waals surface area contributed by atoms with E-state index < -0.39 is 11.9 Å². The minimum Gasteiger partial charge on any atom is -0.480 e. The topological polar surface area (TPSA) is 123 Å². The second-order valence-corrected chi connectivity index (χ2v) is 3.47. The molecular formula is C9H9N5O4. The van der Waals surface area contributed by atoms with Crippen molar-refractivity contribution in [2.45, 2.75) is 13.5 Å². The second kappa shape index (κ2) is 4.65. The van der Waals surface area contributed by atoms with Crippen LogP contribution >= 0.6 is 0 Å². The zero-order chi connectivity index (χ0) is 13.1. The molecule has 0 fully saturated rings. The molecule has 2 rings (SSSR count). The van der Waals surface area contributed by atoms with Crippen molar-refractivity contribution in [2.75, 3.05) is 5.32 Å². The molecule has 0 aliphatic heterocycles. The molecule has 0 aliphatic carbocycles. The summed E-state index contributed by atoms with van der Waals surface area (Å²) < 4.78 is 5.82. The molecule has 0 spiro atoms. The zero-order valence-corrected chi connectivity index (χ0v) is 9.32. The van der Waals surface area contributed by atoms with Gasteiger partial charge in [-0.1, -0.05) is 10.4 Å². The summed E-state index contributed by atoms with van der Waals surface area (Å²) in [5, 5.41) is 21.6. The number of carboxylic acids is 1. The van der Waals surface area contributed by atoms with Crippen LogP contribution in [0.5, 0.6) is 0 Å². The molecule has 2 aromatic rings. The fourth-order valence-corrected chi connectivity index (χ4v) is 1.22. The first-order valence-electron chi connectivity index (χ1n) is 4.91. The molecule has 18 heavy (non-hydrogen) atoms. The Kier molecular flexibility index (Phi) is 3.04. The van der Waals surface area contributed by atoms with Crippen LogP contribution in [0.3, 0.4) is 0 Å². The highest BCUT2D eigenvalue weighted by Gasteiger charge is 2.13. The predicted octanol–water partition coefficient (Wildman–Crippen LogP) is -0.0886. The Balaban J connectivity index is 2.05. The number of amides is 1. The Morgan fingerprint density at radius 1 is 1.56 bits per heavy atom. The molecule has 2 heterocycles. The van der Waals surface area contributed by atoms with Crippen LogP contribution in [0.15, 0.2) is 16.8 Å². The summed E-state index contributed by atoms with van der Waals surface area (Å²) >= 11 is 0. The standard InChI is InChI=1S/C9H9N5O4/c1-5-2-7(12-18-5)10-9(17)6-3-14(13-11-6)4-8(15)16/h2-3H,4H2,1H3,(H,15,16)(H,10,12,17). The zero-order valence-electron chi connectivity index (χ0n) is 9.32. The van der Waals surface area contributed by atoms with E-state index in [0.717, 1.165) is 4.68 Å². The molecule has 2 N–H and O–H groups in total. The van der Waals surface area contributed by atoms with Gasteiger partial charge in [0.1, 0.15) is 12.3 Å². The third kappa shape index (κ3) is 2.70. The van der Waals surface area contributed by atoms with Gasteiger partial charge in [0, 0.05) is 6.07 Å². The fourth-order valence-electron chi connectivity index (χ4n) is 1.22. The number of aryl methyl sites for hydroxylation is 1. The van der Waals surface area contributed by atoms with Crippen LogP contribution < -0.4 is 5.32 Å². The van der Waals surface area contributed by atoms with Crippen LogP contribution in [0.4, 0.5) is 5.82 Å². The van der Waals surface area contributed by atoms with Crippen LogP contribution in [-0.2, 0) is 11.3 Å². The van der Waals surface area contributed by atoms with E-state index in [1.54, 1.807) is 13.0 Å². The van der Waals surface area contributed by atoms with Crippen LogP contribution in [-0.4, -0.2) is 37.1 Å². The van der Waals surface area contributed by atoms with Gasteiger partial charge >= 0.3 is 5.97 Å². The Bertz CT molecular complexity index is 587. The van der Waals surface area contributed by atoms with Crippen molar-refractivity contribution in [3.63, 3.8) is 0 Å². The van der Waals surface area contributed by atoms with E-state index in [4.69, 9.17) is 9.63 Å². The molecule has 2 aromatic heterocycles. The van der Waals surface area contributed by atoms with E-state index in [-0.39, 0.29) is 18.1 Å². The number of aliphatic carboxylic acids is 1. The fraction of sp³-hybridized carbons (Fsp3) is 0.222. The smallest absolute Gasteiger partial charge is 0.325 e. The average molecular weight is 251 g/mol. The monoisotopic (exact) mass is 251 g/mol. The molecule has 0 saturated heterocycles. The third-order valence-corrected chi connectivity index (χ3v) is 1.94. The van der Waals surface area contributed by atoms with Gasteiger partial charge in [-0.05, 0) is 6.92 Å². The van der Waals surface area contributed by atoms with Crippen molar-refractivity contribution < 1.29 is 19.2 Å². The summed E-state index contributed by atoms with van der Waals surface area (Å²) in [6.45, 7) is 1.33. The van der Waals surface area contributed by atoms with Gasteiger partial charge in [-0.25, -0.2) is 4.68 Å². The van der Waals surface area contributed by atoms with Gasteiger partial charge in [-0.15, -0.1) is 5.10 Å². The number of carboxylic acid groups (broad SMARTS) is 1. The number of nitrogens with one attached hydrogen (secondary N) is 1. The van der Waals surface area contributed by atoms with E-state index in [9.17, 15) is 9.59 Å². The van der Waals surface area contributed by atoms with Gasteiger partial charge in [0.05, 0.1) is 6.20 Å². The van der Waals surface area contributed by atoms with Gasteiger partial charge in [0.25, 0.3) is 5.91 Å². The molecular weight excluding hydrogens is 242 g/mol.